The third-order valence-corrected chi connectivity index (χ3v) is 5.79. The first-order chi connectivity index (χ1) is 13.7. The van der Waals surface area contributed by atoms with Gasteiger partial charge in [0.05, 0.1) is 21.5 Å². The first-order valence-corrected chi connectivity index (χ1v) is 9.82. The summed E-state index contributed by atoms with van der Waals surface area (Å²) in [5.41, 5.74) is 1.16. The lowest BCUT2D eigenvalue weighted by atomic mass is 10.2. The summed E-state index contributed by atoms with van der Waals surface area (Å²) in [6.45, 7) is -0.564. The van der Waals surface area contributed by atoms with Crippen molar-refractivity contribution in [3.05, 3.63) is 58.5 Å². The number of H-pyrrole nitrogens is 2. The number of nitrogens with zero attached hydrogens (tertiary/aromatic N) is 1. The van der Waals surface area contributed by atoms with Crippen LogP contribution < -0.4 is 11.0 Å². The van der Waals surface area contributed by atoms with Crippen LogP contribution in [-0.2, 0) is 19.6 Å². The number of hydrogen-bond donors (Lipinski definition) is 3. The molecule has 0 saturated heterocycles. The normalized spacial score (nSPS) is 11.6. The summed E-state index contributed by atoms with van der Waals surface area (Å²) in [6.07, 6.45) is 0. The van der Waals surface area contributed by atoms with E-state index in [9.17, 15) is 22.8 Å². The molecule has 0 radical (unpaired) electrons. The fraction of sp³-hybridized carbons (Fsp3) is 0.167. The maximum Gasteiger partial charge on any atom is 0.338 e. The molecule has 0 bridgehead atoms. The van der Waals surface area contributed by atoms with Gasteiger partial charge in [0, 0.05) is 19.8 Å². The molecule has 1 aromatic heterocycles. The average molecular weight is 418 g/mol. The van der Waals surface area contributed by atoms with E-state index in [0.29, 0.717) is 16.7 Å². The van der Waals surface area contributed by atoms with Gasteiger partial charge in [-0.25, -0.2) is 22.3 Å². The lowest BCUT2D eigenvalue weighted by Gasteiger charge is -2.12. The van der Waals surface area contributed by atoms with Crippen LogP contribution in [-0.4, -0.2) is 55.3 Å². The standard InChI is InChI=1S/C18H18N4O6S/c1-22(2)29(26,27)13-5-3-4-11(8-13)17(24)28-10-16(23)19-12-6-7-14-15(9-12)21-18(25)20-14/h3-9H,10H2,1-2H3,(H,19,23)(H2,20,21,25). The Labute approximate surface area is 165 Å². The zero-order valence-electron chi connectivity index (χ0n) is 15.6. The van der Waals surface area contributed by atoms with Crippen molar-refractivity contribution in [3.63, 3.8) is 0 Å². The minimum absolute atomic E-state index is 0.00652. The Bertz CT molecular complexity index is 1240. The second-order valence-electron chi connectivity index (χ2n) is 6.28. The number of nitrogens with one attached hydrogen (secondary N) is 3. The van der Waals surface area contributed by atoms with E-state index < -0.39 is 28.5 Å². The van der Waals surface area contributed by atoms with Gasteiger partial charge in [0.25, 0.3) is 5.91 Å². The molecule has 1 heterocycles. The van der Waals surface area contributed by atoms with Crippen molar-refractivity contribution >= 4 is 38.6 Å². The highest BCUT2D eigenvalue weighted by Gasteiger charge is 2.19. The Balaban J connectivity index is 1.64. The number of amides is 1. The zero-order valence-corrected chi connectivity index (χ0v) is 16.4. The van der Waals surface area contributed by atoms with Crippen molar-refractivity contribution in [2.24, 2.45) is 0 Å². The van der Waals surface area contributed by atoms with E-state index in [-0.39, 0.29) is 16.1 Å². The minimum Gasteiger partial charge on any atom is -0.452 e. The first kappa shape index (κ1) is 20.3. The number of imidazole rings is 1. The van der Waals surface area contributed by atoms with E-state index in [1.165, 1.54) is 38.4 Å². The largest absolute Gasteiger partial charge is 0.452 e. The summed E-state index contributed by atoms with van der Waals surface area (Å²) in [4.78, 5) is 40.6. The van der Waals surface area contributed by atoms with Crippen LogP contribution in [0.2, 0.25) is 0 Å². The second-order valence-corrected chi connectivity index (χ2v) is 8.43. The lowest BCUT2D eigenvalue weighted by molar-refractivity contribution is -0.119. The van der Waals surface area contributed by atoms with Gasteiger partial charge in [-0.1, -0.05) is 6.07 Å². The molecule has 0 aliphatic heterocycles. The number of aromatic amines is 2. The van der Waals surface area contributed by atoms with Crippen molar-refractivity contribution in [2.45, 2.75) is 4.90 Å². The van der Waals surface area contributed by atoms with E-state index in [4.69, 9.17) is 4.74 Å². The van der Waals surface area contributed by atoms with Gasteiger partial charge < -0.3 is 20.0 Å². The summed E-state index contributed by atoms with van der Waals surface area (Å²) in [7, 11) is -0.942. The molecule has 10 nitrogen and oxygen atoms in total. The van der Waals surface area contributed by atoms with E-state index in [0.717, 1.165) is 4.31 Å². The Kier molecular flexibility index (Phi) is 5.52. The Morgan fingerprint density at radius 2 is 1.79 bits per heavy atom. The van der Waals surface area contributed by atoms with Crippen molar-refractivity contribution in [1.29, 1.82) is 0 Å². The average Bonchev–Trinajstić information content (AvgIpc) is 3.05. The number of sulfonamides is 1. The summed E-state index contributed by atoms with van der Waals surface area (Å²) >= 11 is 0. The van der Waals surface area contributed by atoms with Crippen LogP contribution in [0.25, 0.3) is 11.0 Å². The molecule has 0 unspecified atom stereocenters. The fourth-order valence-electron chi connectivity index (χ4n) is 2.52. The quantitative estimate of drug-likeness (QED) is 0.508. The van der Waals surface area contributed by atoms with Gasteiger partial charge in [-0.3, -0.25) is 4.79 Å². The van der Waals surface area contributed by atoms with E-state index in [1.54, 1.807) is 18.2 Å². The van der Waals surface area contributed by atoms with Crippen molar-refractivity contribution in [2.75, 3.05) is 26.0 Å². The SMILES string of the molecule is CN(C)S(=O)(=O)c1cccc(C(=O)OCC(=O)Nc2ccc3[nH]c(=O)[nH]c3c2)c1. The second kappa shape index (κ2) is 7.89. The molecule has 0 fully saturated rings. The number of hydrogen-bond acceptors (Lipinski definition) is 6. The van der Waals surface area contributed by atoms with Crippen molar-refractivity contribution in [3.8, 4) is 0 Å². The predicted octanol–water partition coefficient (Wildman–Crippen LogP) is 0.902. The van der Waals surface area contributed by atoms with Gasteiger partial charge >= 0.3 is 11.7 Å². The third kappa shape index (κ3) is 4.52. The van der Waals surface area contributed by atoms with Gasteiger partial charge in [-0.05, 0) is 36.4 Å². The van der Waals surface area contributed by atoms with Gasteiger partial charge in [0.2, 0.25) is 10.0 Å². The number of esters is 1. The number of carbonyl (C=O) groups is 2. The molecule has 3 aromatic rings. The Morgan fingerprint density at radius 1 is 1.07 bits per heavy atom. The zero-order chi connectivity index (χ0) is 21.2. The summed E-state index contributed by atoms with van der Waals surface area (Å²) in [5.74, 6) is -1.42. The molecule has 3 rings (SSSR count). The van der Waals surface area contributed by atoms with Crippen LogP contribution in [0.4, 0.5) is 5.69 Å². The Morgan fingerprint density at radius 3 is 2.52 bits per heavy atom. The molecule has 11 heteroatoms. The molecule has 0 atom stereocenters. The smallest absolute Gasteiger partial charge is 0.338 e. The summed E-state index contributed by atoms with van der Waals surface area (Å²) in [5, 5.41) is 2.55. The molecular weight excluding hydrogens is 400 g/mol. The fourth-order valence-corrected chi connectivity index (χ4v) is 3.46. The van der Waals surface area contributed by atoms with Crippen molar-refractivity contribution < 1.29 is 22.7 Å². The number of fused-ring (bicyclic) bond motifs is 1. The number of aromatic nitrogens is 2. The molecule has 3 N–H and O–H groups in total. The molecule has 2 aromatic carbocycles. The van der Waals surface area contributed by atoms with Crippen LogP contribution in [0.1, 0.15) is 10.4 Å². The molecule has 1 amide bonds. The van der Waals surface area contributed by atoms with E-state index >= 15 is 0 Å². The highest BCUT2D eigenvalue weighted by atomic mass is 32.2. The van der Waals surface area contributed by atoms with Crippen LogP contribution in [0.5, 0.6) is 0 Å². The van der Waals surface area contributed by atoms with Crippen LogP contribution in [0, 0.1) is 0 Å². The number of benzene rings is 2. The maximum absolute atomic E-state index is 12.2. The summed E-state index contributed by atoms with van der Waals surface area (Å²) < 4.78 is 30.3. The van der Waals surface area contributed by atoms with E-state index in [1.807, 2.05) is 0 Å². The predicted molar refractivity (Wildman–Crippen MR) is 105 cm³/mol. The molecule has 0 spiro atoms. The number of anilines is 1. The van der Waals surface area contributed by atoms with Crippen LogP contribution in [0.15, 0.2) is 52.2 Å². The molecule has 0 saturated carbocycles. The number of rotatable bonds is 6. The van der Waals surface area contributed by atoms with E-state index in [2.05, 4.69) is 15.3 Å². The number of ether oxygens (including phenoxy) is 1. The topological polar surface area (TPSA) is 141 Å². The molecule has 152 valence electrons. The lowest BCUT2D eigenvalue weighted by Crippen LogP contribution is -2.23. The van der Waals surface area contributed by atoms with Crippen LogP contribution >= 0.6 is 0 Å². The van der Waals surface area contributed by atoms with Gasteiger partial charge in [-0.15, -0.1) is 0 Å². The van der Waals surface area contributed by atoms with Crippen molar-refractivity contribution in [1.82, 2.24) is 14.3 Å². The third-order valence-electron chi connectivity index (χ3n) is 3.98. The Hall–Kier alpha value is -3.44. The highest BCUT2D eigenvalue weighted by Crippen LogP contribution is 2.16. The van der Waals surface area contributed by atoms with Gasteiger partial charge in [-0.2, -0.15) is 0 Å². The minimum atomic E-state index is -3.70. The molecule has 0 aliphatic rings. The molecule has 0 aliphatic carbocycles. The van der Waals surface area contributed by atoms with Gasteiger partial charge in [0.1, 0.15) is 0 Å². The first-order valence-electron chi connectivity index (χ1n) is 8.38. The van der Waals surface area contributed by atoms with Crippen LogP contribution in [0.3, 0.4) is 0 Å². The highest BCUT2D eigenvalue weighted by molar-refractivity contribution is 7.89. The summed E-state index contributed by atoms with van der Waals surface area (Å²) in [6, 6.07) is 10.1. The monoisotopic (exact) mass is 418 g/mol. The maximum atomic E-state index is 12.2. The van der Waals surface area contributed by atoms with Gasteiger partial charge in [0.15, 0.2) is 6.61 Å². The number of carbonyl (C=O) groups excluding carboxylic acids is 2. The molecular formula is C18H18N4O6S. The molecule has 29 heavy (non-hydrogen) atoms.